The molecule has 0 saturated carbocycles. The van der Waals surface area contributed by atoms with Crippen LogP contribution in [0.4, 0.5) is 5.82 Å². The first-order chi connectivity index (χ1) is 14.7. The summed E-state index contributed by atoms with van der Waals surface area (Å²) in [7, 11) is 0. The molecule has 0 fully saturated rings. The molecule has 0 atom stereocenters. The number of ether oxygens (including phenoxy) is 3. The van der Waals surface area contributed by atoms with Crippen molar-refractivity contribution in [2.45, 2.75) is 27.2 Å². The maximum absolute atomic E-state index is 9.13. The Bertz CT molecular complexity index is 769. The molecule has 1 aromatic carbocycles. The average molecular weight is 423 g/mol. The van der Waals surface area contributed by atoms with Crippen molar-refractivity contribution in [2.24, 2.45) is 0 Å². The Hall–Kier alpha value is -2.36. The lowest BCUT2D eigenvalue weighted by atomic mass is 10.1. The summed E-state index contributed by atoms with van der Waals surface area (Å²) in [5.41, 5.74) is 0.670. The lowest BCUT2D eigenvalue weighted by Gasteiger charge is -2.20. The van der Waals surface area contributed by atoms with Crippen molar-refractivity contribution in [1.29, 1.82) is 0 Å². The highest BCUT2D eigenvalue weighted by molar-refractivity contribution is 5.96. The third-order valence-corrected chi connectivity index (χ3v) is 4.46. The van der Waals surface area contributed by atoms with Gasteiger partial charge in [0.2, 0.25) is 5.75 Å². The van der Waals surface area contributed by atoms with Crippen LogP contribution in [0.15, 0.2) is 12.4 Å². The van der Waals surface area contributed by atoms with Crippen molar-refractivity contribution in [3.8, 4) is 17.2 Å². The summed E-state index contributed by atoms with van der Waals surface area (Å²) in [5.74, 6) is 2.41. The zero-order chi connectivity index (χ0) is 21.8. The zero-order valence-corrected chi connectivity index (χ0v) is 18.2. The van der Waals surface area contributed by atoms with Crippen molar-refractivity contribution in [3.05, 3.63) is 12.4 Å². The smallest absolute Gasteiger partial charge is 0.205 e. The summed E-state index contributed by atoms with van der Waals surface area (Å²) in [6.45, 7) is 9.91. The van der Waals surface area contributed by atoms with Gasteiger partial charge in [0.25, 0.3) is 0 Å². The van der Waals surface area contributed by atoms with E-state index < -0.39 is 0 Å². The van der Waals surface area contributed by atoms with Crippen molar-refractivity contribution in [2.75, 3.05) is 64.5 Å². The third kappa shape index (κ3) is 6.32. The van der Waals surface area contributed by atoms with E-state index in [-0.39, 0.29) is 13.2 Å². The number of fused-ring (bicyclic) bond motifs is 1. The number of aliphatic hydroxyl groups excluding tert-OH is 2. The van der Waals surface area contributed by atoms with Gasteiger partial charge in [-0.2, -0.15) is 0 Å². The largest absolute Gasteiger partial charge is 0.490 e. The molecule has 0 aliphatic heterocycles. The Morgan fingerprint density at radius 2 is 1.57 bits per heavy atom. The molecular formula is C21H34N4O5. The second-order valence-corrected chi connectivity index (χ2v) is 6.52. The number of nitrogens with zero attached hydrogens (tertiary/aromatic N) is 3. The summed E-state index contributed by atoms with van der Waals surface area (Å²) < 4.78 is 17.5. The van der Waals surface area contributed by atoms with Crippen molar-refractivity contribution >= 4 is 16.7 Å². The van der Waals surface area contributed by atoms with E-state index in [1.807, 2.05) is 31.7 Å². The normalized spacial score (nSPS) is 11.1. The van der Waals surface area contributed by atoms with Crippen LogP contribution in [-0.2, 0) is 0 Å². The fourth-order valence-corrected chi connectivity index (χ4v) is 3.22. The first-order valence-corrected chi connectivity index (χ1v) is 10.6. The topological polar surface area (TPSA) is 109 Å². The number of aliphatic hydroxyl groups is 2. The molecule has 2 aromatic rings. The molecule has 0 spiro atoms. The molecule has 0 aliphatic carbocycles. The standard InChI is InChI=1S/C21H34N4O5/c1-4-28-17-14-16-18(20(30-6-3)19(17)29-5-2)23-15-24-21(16)22-8-7-9-25(10-12-26)11-13-27/h14-15,26-27H,4-13H2,1-3H3,(H,22,23,24). The fraction of sp³-hybridized carbons (Fsp3) is 0.619. The maximum Gasteiger partial charge on any atom is 0.205 e. The number of rotatable bonds is 15. The van der Waals surface area contributed by atoms with Gasteiger partial charge in [-0.25, -0.2) is 9.97 Å². The molecule has 9 heteroatoms. The Balaban J connectivity index is 2.26. The molecule has 1 aromatic heterocycles. The third-order valence-electron chi connectivity index (χ3n) is 4.46. The van der Waals surface area contributed by atoms with Crippen LogP contribution in [-0.4, -0.2) is 84.3 Å². The van der Waals surface area contributed by atoms with Gasteiger partial charge in [-0.1, -0.05) is 0 Å². The molecule has 0 saturated heterocycles. The van der Waals surface area contributed by atoms with E-state index in [4.69, 9.17) is 24.4 Å². The molecule has 168 valence electrons. The molecule has 1 heterocycles. The molecule has 9 nitrogen and oxygen atoms in total. The highest BCUT2D eigenvalue weighted by Gasteiger charge is 2.20. The van der Waals surface area contributed by atoms with Crippen molar-refractivity contribution in [3.63, 3.8) is 0 Å². The summed E-state index contributed by atoms with van der Waals surface area (Å²) in [4.78, 5) is 10.9. The monoisotopic (exact) mass is 422 g/mol. The van der Waals surface area contributed by atoms with Gasteiger partial charge in [-0.3, -0.25) is 4.90 Å². The quantitative estimate of drug-likeness (QED) is 0.371. The van der Waals surface area contributed by atoms with Crippen molar-refractivity contribution in [1.82, 2.24) is 14.9 Å². The number of aromatic nitrogens is 2. The van der Waals surface area contributed by atoms with E-state index in [2.05, 4.69) is 15.3 Å². The molecule has 0 unspecified atom stereocenters. The summed E-state index contributed by atoms with van der Waals surface area (Å²) >= 11 is 0. The fourth-order valence-electron chi connectivity index (χ4n) is 3.22. The summed E-state index contributed by atoms with van der Waals surface area (Å²) in [5, 5.41) is 22.4. The number of nitrogens with one attached hydrogen (secondary N) is 1. The van der Waals surface area contributed by atoms with Crippen LogP contribution in [0.5, 0.6) is 17.2 Å². The van der Waals surface area contributed by atoms with E-state index >= 15 is 0 Å². The minimum Gasteiger partial charge on any atom is -0.490 e. The lowest BCUT2D eigenvalue weighted by molar-refractivity contribution is 0.161. The Kier molecular flexibility index (Phi) is 10.4. The van der Waals surface area contributed by atoms with E-state index in [1.165, 1.54) is 6.33 Å². The van der Waals surface area contributed by atoms with E-state index in [1.54, 1.807) is 0 Å². The first-order valence-electron chi connectivity index (χ1n) is 10.6. The molecule has 0 bridgehead atoms. The minimum absolute atomic E-state index is 0.0759. The Morgan fingerprint density at radius 1 is 0.900 bits per heavy atom. The second kappa shape index (κ2) is 13.0. The van der Waals surface area contributed by atoms with Crippen LogP contribution < -0.4 is 19.5 Å². The van der Waals surface area contributed by atoms with E-state index in [9.17, 15) is 0 Å². The van der Waals surface area contributed by atoms with Gasteiger partial charge < -0.3 is 29.7 Å². The predicted octanol–water partition coefficient (Wildman–Crippen LogP) is 1.91. The molecule has 30 heavy (non-hydrogen) atoms. The van der Waals surface area contributed by atoms with Gasteiger partial charge in [-0.05, 0) is 39.8 Å². The zero-order valence-electron chi connectivity index (χ0n) is 18.2. The van der Waals surface area contributed by atoms with Crippen LogP contribution in [0, 0.1) is 0 Å². The van der Waals surface area contributed by atoms with Crippen LogP contribution in [0.2, 0.25) is 0 Å². The SMILES string of the molecule is CCOc1cc2c(NCCCN(CCO)CCO)ncnc2c(OCC)c1OCC. The molecular weight excluding hydrogens is 388 g/mol. The Labute approximate surface area is 178 Å². The van der Waals surface area contributed by atoms with Gasteiger partial charge in [0.05, 0.1) is 38.4 Å². The predicted molar refractivity (Wildman–Crippen MR) is 117 cm³/mol. The number of anilines is 1. The minimum atomic E-state index is 0.0759. The molecule has 0 radical (unpaired) electrons. The molecule has 0 aliphatic rings. The summed E-state index contributed by atoms with van der Waals surface area (Å²) in [6, 6.07) is 1.89. The highest BCUT2D eigenvalue weighted by atomic mass is 16.5. The van der Waals surface area contributed by atoms with Gasteiger partial charge in [0.1, 0.15) is 17.7 Å². The van der Waals surface area contributed by atoms with Crippen LogP contribution in [0.3, 0.4) is 0 Å². The number of benzene rings is 1. The molecule has 0 amide bonds. The van der Waals surface area contributed by atoms with Crippen LogP contribution in [0.1, 0.15) is 27.2 Å². The molecule has 3 N–H and O–H groups in total. The van der Waals surface area contributed by atoms with E-state index in [0.717, 1.165) is 18.4 Å². The number of hydrogen-bond donors (Lipinski definition) is 3. The second-order valence-electron chi connectivity index (χ2n) is 6.52. The van der Waals surface area contributed by atoms with Crippen LogP contribution in [0.25, 0.3) is 10.9 Å². The van der Waals surface area contributed by atoms with Gasteiger partial charge in [0.15, 0.2) is 11.5 Å². The Morgan fingerprint density at radius 3 is 2.20 bits per heavy atom. The maximum atomic E-state index is 9.13. The highest BCUT2D eigenvalue weighted by Crippen LogP contribution is 2.44. The van der Waals surface area contributed by atoms with Gasteiger partial charge in [0, 0.05) is 19.6 Å². The average Bonchev–Trinajstić information content (AvgIpc) is 2.74. The first kappa shape index (κ1) is 23.9. The van der Waals surface area contributed by atoms with Gasteiger partial charge in [-0.15, -0.1) is 0 Å². The summed E-state index contributed by atoms with van der Waals surface area (Å²) in [6.07, 6.45) is 2.34. The van der Waals surface area contributed by atoms with E-state index in [0.29, 0.717) is 68.0 Å². The van der Waals surface area contributed by atoms with Gasteiger partial charge >= 0.3 is 0 Å². The number of hydrogen-bond acceptors (Lipinski definition) is 9. The lowest BCUT2D eigenvalue weighted by Crippen LogP contribution is -2.31. The van der Waals surface area contributed by atoms with Crippen LogP contribution >= 0.6 is 0 Å². The molecule has 2 rings (SSSR count). The van der Waals surface area contributed by atoms with Crippen molar-refractivity contribution < 1.29 is 24.4 Å².